The molecule has 0 aliphatic heterocycles. The van der Waals surface area contributed by atoms with Crippen molar-refractivity contribution in [3.05, 3.63) is 30.1 Å². The number of nitrogens with zero attached hydrogens (tertiary/aromatic N) is 1. The molecule has 1 amide bonds. The molecule has 1 aromatic carbocycles. The van der Waals surface area contributed by atoms with Crippen molar-refractivity contribution in [3.8, 4) is 0 Å². The van der Waals surface area contributed by atoms with E-state index >= 15 is 0 Å². The topological polar surface area (TPSA) is 72.3 Å². The second-order valence-electron chi connectivity index (χ2n) is 4.43. The van der Waals surface area contributed by atoms with Crippen LogP contribution in [0.4, 0.5) is 10.1 Å². The van der Waals surface area contributed by atoms with Crippen molar-refractivity contribution in [1.82, 2.24) is 0 Å². The van der Waals surface area contributed by atoms with Crippen molar-refractivity contribution in [1.29, 1.82) is 0 Å². The fraction of sp³-hybridized carbons (Fsp3) is 0.417. The average molecular weight is 239 g/mol. The molecule has 94 valence electrons. The van der Waals surface area contributed by atoms with E-state index < -0.39 is 11.4 Å². The Labute approximate surface area is 100 Å². The van der Waals surface area contributed by atoms with Gasteiger partial charge in [0.05, 0.1) is 5.54 Å². The summed E-state index contributed by atoms with van der Waals surface area (Å²) in [6, 6.07) is 6.13. The number of amides is 1. The molecule has 0 heterocycles. The van der Waals surface area contributed by atoms with Crippen molar-refractivity contribution >= 4 is 11.6 Å². The lowest BCUT2D eigenvalue weighted by Gasteiger charge is -2.25. The fourth-order valence-electron chi connectivity index (χ4n) is 1.35. The molecule has 0 spiro atoms. The number of anilines is 1. The molecule has 0 aliphatic carbocycles. The molecule has 0 aromatic heterocycles. The minimum absolute atomic E-state index is 0.275. The van der Waals surface area contributed by atoms with Gasteiger partial charge in [-0.25, -0.2) is 4.39 Å². The van der Waals surface area contributed by atoms with Gasteiger partial charge in [-0.2, -0.15) is 0 Å². The molecule has 0 fully saturated rings. The number of nitrogens with two attached hydrogens (primary N) is 2. The second kappa shape index (κ2) is 5.14. The Hall–Kier alpha value is -1.62. The summed E-state index contributed by atoms with van der Waals surface area (Å²) >= 11 is 0. The normalized spacial score (nSPS) is 14.1. The molecule has 1 unspecified atom stereocenters. The molecule has 0 saturated heterocycles. The number of benzene rings is 1. The highest BCUT2D eigenvalue weighted by atomic mass is 19.1. The van der Waals surface area contributed by atoms with Crippen molar-refractivity contribution in [3.63, 3.8) is 0 Å². The van der Waals surface area contributed by atoms with Crippen LogP contribution in [0, 0.1) is 5.82 Å². The van der Waals surface area contributed by atoms with Crippen LogP contribution >= 0.6 is 0 Å². The number of hydrogen-bond donors (Lipinski definition) is 2. The summed E-state index contributed by atoms with van der Waals surface area (Å²) in [5.74, 6) is -0.798. The van der Waals surface area contributed by atoms with Gasteiger partial charge in [0.25, 0.3) is 0 Å². The van der Waals surface area contributed by atoms with Crippen LogP contribution in [0.5, 0.6) is 0 Å². The quantitative estimate of drug-likeness (QED) is 0.800. The van der Waals surface area contributed by atoms with Gasteiger partial charge in [-0.15, -0.1) is 0 Å². The third kappa shape index (κ3) is 3.71. The zero-order valence-corrected chi connectivity index (χ0v) is 10.1. The summed E-state index contributed by atoms with van der Waals surface area (Å²) in [4.78, 5) is 12.9. The summed E-state index contributed by atoms with van der Waals surface area (Å²) < 4.78 is 12.7. The van der Waals surface area contributed by atoms with Gasteiger partial charge in [-0.3, -0.25) is 4.79 Å². The van der Waals surface area contributed by atoms with Gasteiger partial charge in [0, 0.05) is 19.3 Å². The van der Waals surface area contributed by atoms with Crippen LogP contribution in [0.25, 0.3) is 0 Å². The Bertz CT molecular complexity index is 389. The molecule has 17 heavy (non-hydrogen) atoms. The van der Waals surface area contributed by atoms with Crippen LogP contribution in [0.3, 0.4) is 0 Å². The van der Waals surface area contributed by atoms with Gasteiger partial charge in [-0.05, 0) is 37.6 Å². The Morgan fingerprint density at radius 2 is 1.94 bits per heavy atom. The van der Waals surface area contributed by atoms with Gasteiger partial charge >= 0.3 is 0 Å². The number of rotatable bonds is 5. The van der Waals surface area contributed by atoms with E-state index in [4.69, 9.17) is 11.5 Å². The maximum Gasteiger partial charge on any atom is 0.237 e. The zero-order valence-electron chi connectivity index (χ0n) is 10.1. The van der Waals surface area contributed by atoms with Gasteiger partial charge in [0.1, 0.15) is 5.82 Å². The van der Waals surface area contributed by atoms with Crippen molar-refractivity contribution < 1.29 is 9.18 Å². The van der Waals surface area contributed by atoms with Crippen LogP contribution in [-0.2, 0) is 4.79 Å². The maximum absolute atomic E-state index is 12.7. The summed E-state index contributed by atoms with van der Waals surface area (Å²) in [5, 5.41) is 0. The van der Waals surface area contributed by atoms with Crippen LogP contribution < -0.4 is 16.4 Å². The molecule has 1 aromatic rings. The molecule has 4 N–H and O–H groups in total. The summed E-state index contributed by atoms with van der Waals surface area (Å²) in [6.07, 6.45) is 0.441. The first-order valence-corrected chi connectivity index (χ1v) is 5.38. The van der Waals surface area contributed by atoms with E-state index in [-0.39, 0.29) is 5.82 Å². The highest BCUT2D eigenvalue weighted by Crippen LogP contribution is 2.15. The Kier molecular flexibility index (Phi) is 4.07. The lowest BCUT2D eigenvalue weighted by atomic mass is 9.98. The van der Waals surface area contributed by atoms with E-state index in [9.17, 15) is 9.18 Å². The Balaban J connectivity index is 2.58. The van der Waals surface area contributed by atoms with Crippen molar-refractivity contribution in [2.24, 2.45) is 11.5 Å². The van der Waals surface area contributed by atoms with E-state index in [0.29, 0.717) is 13.0 Å². The smallest absolute Gasteiger partial charge is 0.237 e. The van der Waals surface area contributed by atoms with Crippen molar-refractivity contribution in [2.75, 3.05) is 18.5 Å². The van der Waals surface area contributed by atoms with Crippen LogP contribution in [0.2, 0.25) is 0 Å². The zero-order chi connectivity index (χ0) is 13.1. The number of carbonyl (C=O) groups is 1. The average Bonchev–Trinajstić information content (AvgIpc) is 2.27. The molecule has 0 saturated carbocycles. The van der Waals surface area contributed by atoms with E-state index in [0.717, 1.165) is 5.69 Å². The van der Waals surface area contributed by atoms with Gasteiger partial charge in [-0.1, -0.05) is 0 Å². The lowest BCUT2D eigenvalue weighted by molar-refractivity contribution is -0.122. The van der Waals surface area contributed by atoms with Gasteiger partial charge in [0.2, 0.25) is 5.91 Å². The number of halogens is 1. The highest BCUT2D eigenvalue weighted by molar-refractivity contribution is 5.83. The number of carbonyl (C=O) groups excluding carboxylic acids is 1. The Morgan fingerprint density at radius 1 is 1.41 bits per heavy atom. The van der Waals surface area contributed by atoms with Crippen molar-refractivity contribution in [2.45, 2.75) is 18.9 Å². The first-order chi connectivity index (χ1) is 7.83. The van der Waals surface area contributed by atoms with E-state index in [1.165, 1.54) is 12.1 Å². The predicted molar refractivity (Wildman–Crippen MR) is 66.1 cm³/mol. The second-order valence-corrected chi connectivity index (χ2v) is 4.43. The monoisotopic (exact) mass is 239 g/mol. The molecule has 5 heteroatoms. The molecule has 1 atom stereocenters. The third-order valence-electron chi connectivity index (χ3n) is 2.80. The van der Waals surface area contributed by atoms with Crippen LogP contribution in [-0.4, -0.2) is 25.0 Å². The minimum Gasteiger partial charge on any atom is -0.375 e. The fourth-order valence-corrected chi connectivity index (χ4v) is 1.35. The largest absolute Gasteiger partial charge is 0.375 e. The minimum atomic E-state index is -1.02. The highest BCUT2D eigenvalue weighted by Gasteiger charge is 2.25. The maximum atomic E-state index is 12.7. The molecule has 0 bridgehead atoms. The lowest BCUT2D eigenvalue weighted by Crippen LogP contribution is -2.51. The molecular formula is C12H18FN3O. The van der Waals surface area contributed by atoms with Crippen LogP contribution in [0.1, 0.15) is 13.3 Å². The van der Waals surface area contributed by atoms with E-state index in [1.54, 1.807) is 19.1 Å². The Morgan fingerprint density at radius 3 is 2.41 bits per heavy atom. The molecule has 0 radical (unpaired) electrons. The SMILES string of the molecule is CN(CCC(C)(N)C(N)=O)c1ccc(F)cc1. The summed E-state index contributed by atoms with van der Waals surface area (Å²) in [7, 11) is 1.85. The van der Waals surface area contributed by atoms with Crippen LogP contribution in [0.15, 0.2) is 24.3 Å². The summed E-state index contributed by atoms with van der Waals surface area (Å²) in [5.41, 5.74) is 10.8. The molecule has 0 aliphatic rings. The number of primary amides is 1. The van der Waals surface area contributed by atoms with E-state index in [2.05, 4.69) is 0 Å². The predicted octanol–water partition coefficient (Wildman–Crippen LogP) is 0.855. The summed E-state index contributed by atoms with van der Waals surface area (Å²) in [6.45, 7) is 2.18. The first kappa shape index (κ1) is 13.4. The molecule has 4 nitrogen and oxygen atoms in total. The third-order valence-corrected chi connectivity index (χ3v) is 2.80. The van der Waals surface area contributed by atoms with E-state index in [1.807, 2.05) is 11.9 Å². The standard InChI is InChI=1S/C12H18FN3O/c1-12(15,11(14)17)7-8-16(2)10-5-3-9(13)4-6-10/h3-6H,7-8,15H2,1-2H3,(H2,14,17). The van der Waals surface area contributed by atoms with Gasteiger partial charge in [0.15, 0.2) is 0 Å². The molecular weight excluding hydrogens is 221 g/mol. The molecule has 1 rings (SSSR count). The van der Waals surface area contributed by atoms with Gasteiger partial charge < -0.3 is 16.4 Å². The number of hydrogen-bond acceptors (Lipinski definition) is 3. The first-order valence-electron chi connectivity index (χ1n) is 5.38.